The SMILES string of the molecule is [O-]/[N+](=C\c1ccccc1)C1CCC(CC2CCC(/[N+]([O-])=C\c3ccccc3)CC2)CC1. The molecule has 0 bridgehead atoms. The number of rotatable bonds is 6. The smallest absolute Gasteiger partial charge is 0.182 e. The van der Waals surface area contributed by atoms with Gasteiger partial charge in [-0.1, -0.05) is 36.4 Å². The van der Waals surface area contributed by atoms with Crippen LogP contribution in [0.3, 0.4) is 0 Å². The van der Waals surface area contributed by atoms with Gasteiger partial charge in [0, 0.05) is 36.8 Å². The minimum absolute atomic E-state index is 0.120. The van der Waals surface area contributed by atoms with Crippen molar-refractivity contribution in [2.24, 2.45) is 11.8 Å². The first kappa shape index (κ1) is 21.6. The lowest BCUT2D eigenvalue weighted by atomic mass is 9.76. The molecule has 4 heteroatoms. The van der Waals surface area contributed by atoms with Gasteiger partial charge in [0.05, 0.1) is 0 Å². The van der Waals surface area contributed by atoms with Gasteiger partial charge < -0.3 is 10.4 Å². The van der Waals surface area contributed by atoms with E-state index in [4.69, 9.17) is 0 Å². The van der Waals surface area contributed by atoms with Crippen molar-refractivity contribution in [1.29, 1.82) is 0 Å². The van der Waals surface area contributed by atoms with Crippen molar-refractivity contribution in [3.8, 4) is 0 Å². The molecule has 0 spiro atoms. The topological polar surface area (TPSA) is 52.1 Å². The maximum absolute atomic E-state index is 12.5. The Kier molecular flexibility index (Phi) is 7.39. The third kappa shape index (κ3) is 6.19. The summed E-state index contributed by atoms with van der Waals surface area (Å²) >= 11 is 0. The van der Waals surface area contributed by atoms with Crippen molar-refractivity contribution in [2.75, 3.05) is 0 Å². The summed E-state index contributed by atoms with van der Waals surface area (Å²) in [5, 5.41) is 25.0. The molecule has 0 heterocycles. The lowest BCUT2D eigenvalue weighted by Crippen LogP contribution is -2.31. The van der Waals surface area contributed by atoms with Gasteiger partial charge in [-0.3, -0.25) is 0 Å². The molecular weight excluding hydrogens is 384 g/mol. The van der Waals surface area contributed by atoms with E-state index in [1.54, 1.807) is 12.4 Å². The minimum Gasteiger partial charge on any atom is -0.624 e. The Morgan fingerprint density at radius 1 is 0.581 bits per heavy atom. The molecule has 164 valence electrons. The van der Waals surface area contributed by atoms with Crippen LogP contribution in [-0.4, -0.2) is 34.0 Å². The first-order chi connectivity index (χ1) is 15.2. The maximum atomic E-state index is 12.5. The summed E-state index contributed by atoms with van der Waals surface area (Å²) in [4.78, 5) is 0. The van der Waals surface area contributed by atoms with Crippen molar-refractivity contribution in [1.82, 2.24) is 0 Å². The van der Waals surface area contributed by atoms with Gasteiger partial charge in [-0.2, -0.15) is 0 Å². The van der Waals surface area contributed by atoms with Crippen molar-refractivity contribution < 1.29 is 9.48 Å². The quantitative estimate of drug-likeness (QED) is 0.259. The van der Waals surface area contributed by atoms with Gasteiger partial charge in [0.1, 0.15) is 0 Å². The molecule has 0 amide bonds. The zero-order valence-corrected chi connectivity index (χ0v) is 18.3. The highest BCUT2D eigenvalue weighted by Gasteiger charge is 2.31. The predicted octanol–water partition coefficient (Wildman–Crippen LogP) is 5.75. The molecule has 0 N–H and O–H groups in total. The van der Waals surface area contributed by atoms with Crippen LogP contribution in [0.4, 0.5) is 0 Å². The normalized spacial score (nSPS) is 27.7. The molecule has 0 aliphatic heterocycles. The molecule has 2 aromatic rings. The van der Waals surface area contributed by atoms with Crippen molar-refractivity contribution in [2.45, 2.75) is 69.9 Å². The van der Waals surface area contributed by atoms with E-state index in [2.05, 4.69) is 0 Å². The number of hydrogen-bond acceptors (Lipinski definition) is 2. The lowest BCUT2D eigenvalue weighted by molar-refractivity contribution is -0.502. The van der Waals surface area contributed by atoms with Crippen LogP contribution in [0.2, 0.25) is 0 Å². The molecule has 2 saturated carbocycles. The van der Waals surface area contributed by atoms with Crippen LogP contribution in [0.25, 0.3) is 0 Å². The van der Waals surface area contributed by atoms with E-state index in [9.17, 15) is 10.4 Å². The fraction of sp³-hybridized carbons (Fsp3) is 0.481. The summed E-state index contributed by atoms with van der Waals surface area (Å²) < 4.78 is 2.37. The Hall–Kier alpha value is -2.62. The van der Waals surface area contributed by atoms with Crippen LogP contribution in [0, 0.1) is 22.3 Å². The number of hydroxylamine groups is 2. The molecule has 31 heavy (non-hydrogen) atoms. The Morgan fingerprint density at radius 3 is 1.29 bits per heavy atom. The number of hydrogen-bond donors (Lipinski definition) is 0. The van der Waals surface area contributed by atoms with E-state index in [1.807, 2.05) is 60.7 Å². The first-order valence-corrected chi connectivity index (χ1v) is 11.9. The Labute approximate surface area is 186 Å². The maximum Gasteiger partial charge on any atom is 0.182 e. The predicted molar refractivity (Wildman–Crippen MR) is 127 cm³/mol. The molecule has 0 saturated heterocycles. The molecule has 0 aromatic heterocycles. The highest BCUT2D eigenvalue weighted by atomic mass is 16.5. The third-order valence-corrected chi connectivity index (χ3v) is 7.17. The van der Waals surface area contributed by atoms with Crippen LogP contribution < -0.4 is 0 Å². The summed E-state index contributed by atoms with van der Waals surface area (Å²) in [5.74, 6) is 1.48. The van der Waals surface area contributed by atoms with Gasteiger partial charge in [0.25, 0.3) is 0 Å². The first-order valence-electron chi connectivity index (χ1n) is 11.9. The van der Waals surface area contributed by atoms with Crippen LogP contribution in [-0.2, 0) is 0 Å². The van der Waals surface area contributed by atoms with Gasteiger partial charge >= 0.3 is 0 Å². The summed E-state index contributed by atoms with van der Waals surface area (Å²) in [6.45, 7) is 0. The summed E-state index contributed by atoms with van der Waals surface area (Å²) in [7, 11) is 0. The second-order valence-corrected chi connectivity index (χ2v) is 9.38. The second kappa shape index (κ2) is 10.6. The van der Waals surface area contributed by atoms with E-state index in [-0.39, 0.29) is 12.1 Å². The van der Waals surface area contributed by atoms with Crippen LogP contribution in [0.15, 0.2) is 60.7 Å². The van der Waals surface area contributed by atoms with Gasteiger partial charge in [-0.25, -0.2) is 9.48 Å². The van der Waals surface area contributed by atoms with Crippen molar-refractivity contribution in [3.05, 3.63) is 82.2 Å². The molecule has 4 rings (SSSR count). The average Bonchev–Trinajstić information content (AvgIpc) is 2.81. The summed E-state index contributed by atoms with van der Waals surface area (Å²) in [6, 6.07) is 20.0. The molecule has 2 aliphatic rings. The Balaban J connectivity index is 1.21. The third-order valence-electron chi connectivity index (χ3n) is 7.17. The summed E-state index contributed by atoms with van der Waals surface area (Å²) in [5.41, 5.74) is 1.96. The zero-order valence-electron chi connectivity index (χ0n) is 18.3. The fourth-order valence-electron chi connectivity index (χ4n) is 5.32. The van der Waals surface area contributed by atoms with Gasteiger partial charge in [-0.05, 0) is 68.2 Å². The number of nitrogens with zero attached hydrogens (tertiary/aromatic N) is 2. The van der Waals surface area contributed by atoms with Gasteiger partial charge in [-0.15, -0.1) is 0 Å². The van der Waals surface area contributed by atoms with Gasteiger partial charge in [0.15, 0.2) is 24.5 Å². The number of benzene rings is 2. The van der Waals surface area contributed by atoms with E-state index in [1.165, 1.54) is 15.9 Å². The monoisotopic (exact) mass is 418 g/mol. The molecule has 2 aliphatic carbocycles. The van der Waals surface area contributed by atoms with E-state index in [0.717, 1.165) is 74.3 Å². The highest BCUT2D eigenvalue weighted by Crippen LogP contribution is 2.36. The molecule has 0 radical (unpaired) electrons. The van der Waals surface area contributed by atoms with E-state index >= 15 is 0 Å². The zero-order chi connectivity index (χ0) is 21.5. The molecule has 2 fully saturated rings. The summed E-state index contributed by atoms with van der Waals surface area (Å²) in [6.07, 6.45) is 13.3. The standard InChI is InChI=1S/C27H34N2O2/c30-28(20-24-7-3-1-4-8-24)26-15-11-22(12-16-26)19-23-13-17-27(18-14-23)29(31)21-25-9-5-2-6-10-25/h1-10,20-23,26-27H,11-19H2/b28-20-,29-21+. The van der Waals surface area contributed by atoms with E-state index < -0.39 is 0 Å². The molecular formula is C27H34N2O2. The minimum atomic E-state index is 0.120. The lowest BCUT2D eigenvalue weighted by Gasteiger charge is -2.32. The Morgan fingerprint density at radius 2 is 0.935 bits per heavy atom. The second-order valence-electron chi connectivity index (χ2n) is 9.38. The van der Waals surface area contributed by atoms with E-state index in [0.29, 0.717) is 0 Å². The average molecular weight is 419 g/mol. The van der Waals surface area contributed by atoms with Crippen LogP contribution in [0.1, 0.15) is 68.9 Å². The van der Waals surface area contributed by atoms with Crippen LogP contribution >= 0.6 is 0 Å². The Bertz CT molecular complexity index is 789. The van der Waals surface area contributed by atoms with Crippen molar-refractivity contribution in [3.63, 3.8) is 0 Å². The van der Waals surface area contributed by atoms with Gasteiger partial charge in [0.2, 0.25) is 0 Å². The van der Waals surface area contributed by atoms with Crippen molar-refractivity contribution >= 4 is 12.4 Å². The molecule has 0 unspecified atom stereocenters. The highest BCUT2D eigenvalue weighted by molar-refractivity contribution is 5.75. The molecule has 4 nitrogen and oxygen atoms in total. The fourth-order valence-corrected chi connectivity index (χ4v) is 5.32. The molecule has 0 atom stereocenters. The largest absolute Gasteiger partial charge is 0.624 e. The molecule has 2 aromatic carbocycles. The van der Waals surface area contributed by atoms with Crippen LogP contribution in [0.5, 0.6) is 0 Å².